The van der Waals surface area contributed by atoms with Crippen LogP contribution in [0.4, 0.5) is 0 Å². The van der Waals surface area contributed by atoms with Crippen LogP contribution in [-0.2, 0) is 0 Å². The number of hydrogen-bond donors (Lipinski definition) is 1. The van der Waals surface area contributed by atoms with Crippen molar-refractivity contribution < 1.29 is 0 Å². The monoisotopic (exact) mass is 413 g/mol. The molecular formula is C30H39N. The van der Waals surface area contributed by atoms with Crippen LogP contribution in [0.15, 0.2) is 48.5 Å². The minimum Gasteiger partial charge on any atom is -0.317 e. The fourth-order valence-corrected chi connectivity index (χ4v) is 8.89. The molecule has 0 saturated heterocycles. The molecular weight excluding hydrogens is 374 g/mol. The Kier molecular flexibility index (Phi) is 4.66. The van der Waals surface area contributed by atoms with Crippen LogP contribution in [-0.4, -0.2) is 13.1 Å². The van der Waals surface area contributed by atoms with Gasteiger partial charge in [0, 0.05) is 6.04 Å². The molecule has 4 aliphatic carbocycles. The molecule has 3 saturated carbocycles. The summed E-state index contributed by atoms with van der Waals surface area (Å²) in [5.41, 5.74) is 4.10. The maximum atomic E-state index is 3.60. The highest BCUT2D eigenvalue weighted by atomic mass is 14.9. The molecule has 0 unspecified atom stereocenters. The van der Waals surface area contributed by atoms with Gasteiger partial charge in [0.05, 0.1) is 0 Å². The maximum absolute atomic E-state index is 3.60. The summed E-state index contributed by atoms with van der Waals surface area (Å²) in [5, 5.41) is 6.34. The quantitative estimate of drug-likeness (QED) is 0.538. The second kappa shape index (κ2) is 7.20. The standard InChI is InChI=1S/C30H39N/c1-29-16-14-24(31-3)19-23(29)10-11-25-27-13-12-26(30(27,2)17-15-28(25)29)22-9-8-20-6-4-5-7-21(20)18-22/h4-9,12,18,23-25,27-28,31H,10-11,13-17,19H2,1-3H3/t23-,24-,25-,27-,28-,29-,30+/m0/s1. The van der Waals surface area contributed by atoms with Crippen LogP contribution in [0, 0.1) is 34.5 Å². The zero-order valence-corrected chi connectivity index (χ0v) is 19.7. The van der Waals surface area contributed by atoms with E-state index in [4.69, 9.17) is 0 Å². The van der Waals surface area contributed by atoms with E-state index in [0.717, 1.165) is 29.7 Å². The first kappa shape index (κ1) is 20.0. The number of benzene rings is 2. The molecule has 0 aromatic heterocycles. The summed E-state index contributed by atoms with van der Waals surface area (Å²) in [7, 11) is 2.17. The van der Waals surface area contributed by atoms with Crippen LogP contribution in [0.1, 0.15) is 70.8 Å². The van der Waals surface area contributed by atoms with Crippen molar-refractivity contribution in [3.8, 4) is 0 Å². The smallest absolute Gasteiger partial charge is 0.00671 e. The average molecular weight is 414 g/mol. The van der Waals surface area contributed by atoms with Gasteiger partial charge in [0.1, 0.15) is 0 Å². The van der Waals surface area contributed by atoms with Crippen molar-refractivity contribution in [1.29, 1.82) is 0 Å². The Morgan fingerprint density at radius 1 is 0.871 bits per heavy atom. The lowest BCUT2D eigenvalue weighted by Crippen LogP contribution is -2.54. The van der Waals surface area contributed by atoms with Gasteiger partial charge < -0.3 is 5.32 Å². The summed E-state index contributed by atoms with van der Waals surface area (Å²) in [6.07, 6.45) is 14.0. The Morgan fingerprint density at radius 2 is 1.71 bits per heavy atom. The lowest BCUT2D eigenvalue weighted by molar-refractivity contribution is -0.0996. The third kappa shape index (κ3) is 2.92. The van der Waals surface area contributed by atoms with Crippen molar-refractivity contribution in [2.24, 2.45) is 34.5 Å². The molecule has 0 spiro atoms. The number of fused-ring (bicyclic) bond motifs is 6. The predicted octanol–water partition coefficient (Wildman–Crippen LogP) is 7.46. The van der Waals surface area contributed by atoms with Crippen LogP contribution in [0.25, 0.3) is 16.3 Å². The van der Waals surface area contributed by atoms with Crippen LogP contribution in [0.2, 0.25) is 0 Å². The second-order valence-corrected chi connectivity index (χ2v) is 11.8. The normalized spacial score (nSPS) is 41.9. The molecule has 1 nitrogen and oxygen atoms in total. The van der Waals surface area contributed by atoms with Gasteiger partial charge in [-0.1, -0.05) is 56.3 Å². The molecule has 0 radical (unpaired) electrons. The fraction of sp³-hybridized carbons (Fsp3) is 0.600. The van der Waals surface area contributed by atoms with E-state index < -0.39 is 0 Å². The lowest BCUT2D eigenvalue weighted by Gasteiger charge is -2.61. The first-order valence-corrected chi connectivity index (χ1v) is 12.9. The topological polar surface area (TPSA) is 12.0 Å². The molecule has 3 fully saturated rings. The van der Waals surface area contributed by atoms with E-state index in [-0.39, 0.29) is 0 Å². The minimum atomic E-state index is 0.370. The summed E-state index contributed by atoms with van der Waals surface area (Å²) >= 11 is 0. The first-order valence-electron chi connectivity index (χ1n) is 12.9. The molecule has 4 aliphatic rings. The Morgan fingerprint density at radius 3 is 2.55 bits per heavy atom. The summed E-state index contributed by atoms with van der Waals surface area (Å²) in [5.74, 6) is 3.68. The van der Waals surface area contributed by atoms with Crippen LogP contribution in [0.5, 0.6) is 0 Å². The summed E-state index contributed by atoms with van der Waals surface area (Å²) < 4.78 is 0. The first-order chi connectivity index (χ1) is 15.0. The zero-order valence-electron chi connectivity index (χ0n) is 19.7. The zero-order chi connectivity index (χ0) is 21.2. The molecule has 2 aromatic rings. The molecule has 164 valence electrons. The van der Waals surface area contributed by atoms with E-state index in [1.165, 1.54) is 67.7 Å². The van der Waals surface area contributed by atoms with E-state index >= 15 is 0 Å². The molecule has 6 rings (SSSR count). The molecule has 0 bridgehead atoms. The van der Waals surface area contributed by atoms with E-state index in [9.17, 15) is 0 Å². The van der Waals surface area contributed by atoms with Crippen molar-refractivity contribution in [1.82, 2.24) is 5.32 Å². The lowest BCUT2D eigenvalue weighted by atomic mass is 9.44. The van der Waals surface area contributed by atoms with Crippen LogP contribution >= 0.6 is 0 Å². The van der Waals surface area contributed by atoms with Gasteiger partial charge in [-0.2, -0.15) is 0 Å². The van der Waals surface area contributed by atoms with Gasteiger partial charge in [0.15, 0.2) is 0 Å². The summed E-state index contributed by atoms with van der Waals surface area (Å²) in [4.78, 5) is 0. The molecule has 0 amide bonds. The molecule has 31 heavy (non-hydrogen) atoms. The van der Waals surface area contributed by atoms with Gasteiger partial charge >= 0.3 is 0 Å². The van der Waals surface area contributed by atoms with E-state index in [1.54, 1.807) is 5.57 Å². The molecule has 0 aliphatic heterocycles. The van der Waals surface area contributed by atoms with E-state index in [1.807, 2.05) is 0 Å². The molecule has 1 N–H and O–H groups in total. The molecule has 2 aromatic carbocycles. The Hall–Kier alpha value is -1.60. The molecule has 7 atom stereocenters. The van der Waals surface area contributed by atoms with E-state index in [0.29, 0.717) is 10.8 Å². The SMILES string of the molecule is CN[C@H]1CC[C@@]2(C)[C@@H](CC[C@@H]3[C@@H]2CC[C@]2(C)C(c4ccc5ccccc5c4)=CC[C@@H]32)C1. The Balaban J connectivity index is 1.29. The third-order valence-corrected chi connectivity index (χ3v) is 10.7. The number of nitrogens with one attached hydrogen (secondary N) is 1. The van der Waals surface area contributed by atoms with Gasteiger partial charge in [-0.3, -0.25) is 0 Å². The maximum Gasteiger partial charge on any atom is 0.00671 e. The van der Waals surface area contributed by atoms with E-state index in [2.05, 4.69) is 74.8 Å². The highest BCUT2D eigenvalue weighted by Crippen LogP contribution is 2.67. The van der Waals surface area contributed by atoms with Crippen molar-refractivity contribution in [2.75, 3.05) is 7.05 Å². The number of allylic oxidation sites excluding steroid dienone is 2. The molecule has 1 heteroatoms. The summed E-state index contributed by atoms with van der Waals surface area (Å²) in [6.45, 7) is 5.31. The van der Waals surface area contributed by atoms with Gasteiger partial charge in [0.2, 0.25) is 0 Å². The Labute approximate surface area is 188 Å². The van der Waals surface area contributed by atoms with Gasteiger partial charge in [-0.05, 0) is 121 Å². The van der Waals surface area contributed by atoms with Crippen molar-refractivity contribution in [3.05, 3.63) is 54.1 Å². The van der Waals surface area contributed by atoms with Gasteiger partial charge in [-0.15, -0.1) is 0 Å². The van der Waals surface area contributed by atoms with Crippen molar-refractivity contribution in [3.63, 3.8) is 0 Å². The van der Waals surface area contributed by atoms with Crippen molar-refractivity contribution in [2.45, 2.75) is 71.3 Å². The highest BCUT2D eigenvalue weighted by Gasteiger charge is 2.58. The van der Waals surface area contributed by atoms with Gasteiger partial charge in [0.25, 0.3) is 0 Å². The average Bonchev–Trinajstić information content (AvgIpc) is 3.15. The molecule has 0 heterocycles. The Bertz CT molecular complexity index is 1020. The van der Waals surface area contributed by atoms with Gasteiger partial charge in [-0.25, -0.2) is 0 Å². The minimum absolute atomic E-state index is 0.370. The summed E-state index contributed by atoms with van der Waals surface area (Å²) in [6, 6.07) is 16.8. The largest absolute Gasteiger partial charge is 0.317 e. The number of rotatable bonds is 2. The van der Waals surface area contributed by atoms with Crippen molar-refractivity contribution >= 4 is 16.3 Å². The fourth-order valence-electron chi connectivity index (χ4n) is 8.89. The third-order valence-electron chi connectivity index (χ3n) is 10.7. The second-order valence-electron chi connectivity index (χ2n) is 11.8. The highest BCUT2D eigenvalue weighted by molar-refractivity contribution is 5.87. The predicted molar refractivity (Wildman–Crippen MR) is 132 cm³/mol. The van der Waals surface area contributed by atoms with Crippen LogP contribution in [0.3, 0.4) is 0 Å². The number of hydrogen-bond acceptors (Lipinski definition) is 1. The van der Waals surface area contributed by atoms with Crippen LogP contribution < -0.4 is 5.32 Å².